The van der Waals surface area contributed by atoms with Crippen LogP contribution in [0.5, 0.6) is 0 Å². The normalized spacial score (nSPS) is 50.7. The van der Waals surface area contributed by atoms with Gasteiger partial charge in [0.25, 0.3) is 0 Å². The Morgan fingerprint density at radius 2 is 1.89 bits per heavy atom. The Balaban J connectivity index is 2.04. The van der Waals surface area contributed by atoms with Gasteiger partial charge >= 0.3 is 0 Å². The molecule has 1 atom stereocenters. The molecule has 3 rings (SSSR count). The largest absolute Gasteiger partial charge is 0.301 e. The van der Waals surface area contributed by atoms with Crippen LogP contribution in [0.2, 0.25) is 0 Å². The van der Waals surface area contributed by atoms with Crippen molar-refractivity contribution in [3.05, 3.63) is 0 Å². The van der Waals surface area contributed by atoms with Crippen LogP contribution in [-0.2, 0) is 0 Å². The molecule has 1 unspecified atom stereocenters. The van der Waals surface area contributed by atoms with Crippen LogP contribution >= 0.6 is 0 Å². The third-order valence-corrected chi connectivity index (χ3v) is 3.16. The standard InChI is InChI=1S/C8H15N/c1-6-3-7-4-8(5-7)9(6)2/h6-8H,3-5H2,1-2H3. The van der Waals surface area contributed by atoms with E-state index in [1.54, 1.807) is 0 Å². The summed E-state index contributed by atoms with van der Waals surface area (Å²) in [6.45, 7) is 2.35. The van der Waals surface area contributed by atoms with E-state index < -0.39 is 0 Å². The van der Waals surface area contributed by atoms with Gasteiger partial charge in [-0.25, -0.2) is 0 Å². The summed E-state index contributed by atoms with van der Waals surface area (Å²) in [4.78, 5) is 2.54. The van der Waals surface area contributed by atoms with Crippen LogP contribution in [0.15, 0.2) is 0 Å². The number of rotatable bonds is 0. The van der Waals surface area contributed by atoms with Crippen molar-refractivity contribution in [2.75, 3.05) is 7.05 Å². The number of piperidine rings is 2. The number of hydrogen-bond donors (Lipinski definition) is 0. The predicted octanol–water partition coefficient (Wildman–Crippen LogP) is 1.49. The topological polar surface area (TPSA) is 3.24 Å². The lowest BCUT2D eigenvalue weighted by atomic mass is 9.71. The van der Waals surface area contributed by atoms with Crippen molar-refractivity contribution in [1.82, 2.24) is 4.90 Å². The molecule has 0 aromatic carbocycles. The second kappa shape index (κ2) is 1.72. The highest BCUT2D eigenvalue weighted by Gasteiger charge is 2.39. The van der Waals surface area contributed by atoms with Gasteiger partial charge < -0.3 is 4.90 Å². The molecule has 0 radical (unpaired) electrons. The summed E-state index contributed by atoms with van der Waals surface area (Å²) in [5.74, 6) is 1.10. The lowest BCUT2D eigenvalue weighted by Crippen LogP contribution is -2.53. The van der Waals surface area contributed by atoms with E-state index in [0.29, 0.717) is 0 Å². The molecule has 1 nitrogen and oxygen atoms in total. The van der Waals surface area contributed by atoms with Crippen LogP contribution in [0, 0.1) is 5.92 Å². The van der Waals surface area contributed by atoms with Gasteiger partial charge in [-0.3, -0.25) is 0 Å². The Bertz CT molecular complexity index is 114. The van der Waals surface area contributed by atoms with E-state index in [0.717, 1.165) is 18.0 Å². The van der Waals surface area contributed by atoms with Gasteiger partial charge in [0, 0.05) is 12.1 Å². The fraction of sp³-hybridized carbons (Fsp3) is 1.00. The van der Waals surface area contributed by atoms with Crippen LogP contribution < -0.4 is 0 Å². The second-order valence-electron chi connectivity index (χ2n) is 3.74. The van der Waals surface area contributed by atoms with Crippen molar-refractivity contribution in [3.8, 4) is 0 Å². The summed E-state index contributed by atoms with van der Waals surface area (Å²) in [5, 5.41) is 0. The van der Waals surface area contributed by atoms with E-state index in [4.69, 9.17) is 0 Å². The summed E-state index contributed by atoms with van der Waals surface area (Å²) in [6.07, 6.45) is 4.43. The molecule has 3 fully saturated rings. The first-order valence-electron chi connectivity index (χ1n) is 3.99. The molecule has 2 bridgehead atoms. The lowest BCUT2D eigenvalue weighted by Gasteiger charge is -2.51. The molecular formula is C8H15N. The van der Waals surface area contributed by atoms with Gasteiger partial charge in [-0.05, 0) is 39.2 Å². The van der Waals surface area contributed by atoms with Crippen molar-refractivity contribution in [2.45, 2.75) is 38.3 Å². The molecular weight excluding hydrogens is 110 g/mol. The third kappa shape index (κ3) is 0.710. The van der Waals surface area contributed by atoms with Gasteiger partial charge in [0.2, 0.25) is 0 Å². The van der Waals surface area contributed by atoms with Crippen LogP contribution in [-0.4, -0.2) is 24.0 Å². The summed E-state index contributed by atoms with van der Waals surface area (Å²) in [5.41, 5.74) is 0. The van der Waals surface area contributed by atoms with Gasteiger partial charge in [-0.1, -0.05) is 0 Å². The Labute approximate surface area is 57.0 Å². The first kappa shape index (κ1) is 5.72. The minimum atomic E-state index is 0.863. The fourth-order valence-corrected chi connectivity index (χ4v) is 2.23. The van der Waals surface area contributed by atoms with Gasteiger partial charge in [0.05, 0.1) is 0 Å². The minimum Gasteiger partial charge on any atom is -0.301 e. The van der Waals surface area contributed by atoms with Crippen LogP contribution in [0.25, 0.3) is 0 Å². The number of fused-ring (bicyclic) bond motifs is 2. The van der Waals surface area contributed by atoms with Crippen molar-refractivity contribution in [3.63, 3.8) is 0 Å². The lowest BCUT2D eigenvalue weighted by molar-refractivity contribution is -0.00557. The highest BCUT2D eigenvalue weighted by Crippen LogP contribution is 2.41. The van der Waals surface area contributed by atoms with E-state index in [9.17, 15) is 0 Å². The Kier molecular flexibility index (Phi) is 1.10. The Hall–Kier alpha value is -0.0400. The highest BCUT2D eigenvalue weighted by molar-refractivity contribution is 4.94. The molecule has 1 heteroatoms. The minimum absolute atomic E-state index is 0.863. The molecule has 0 aromatic heterocycles. The zero-order chi connectivity index (χ0) is 6.43. The van der Waals surface area contributed by atoms with Gasteiger partial charge in [-0.15, -0.1) is 0 Å². The number of hydrogen-bond acceptors (Lipinski definition) is 1. The smallest absolute Gasteiger partial charge is 0.0100 e. The Morgan fingerprint density at radius 1 is 1.22 bits per heavy atom. The van der Waals surface area contributed by atoms with E-state index in [1.807, 2.05) is 0 Å². The molecule has 0 amide bonds. The van der Waals surface area contributed by atoms with E-state index in [1.165, 1.54) is 19.3 Å². The maximum atomic E-state index is 2.54. The van der Waals surface area contributed by atoms with E-state index >= 15 is 0 Å². The van der Waals surface area contributed by atoms with Gasteiger partial charge in [0.15, 0.2) is 0 Å². The molecule has 2 saturated heterocycles. The van der Waals surface area contributed by atoms with Gasteiger partial charge in [0.1, 0.15) is 0 Å². The summed E-state index contributed by atoms with van der Waals surface area (Å²) in [6, 6.07) is 1.82. The van der Waals surface area contributed by atoms with Crippen molar-refractivity contribution < 1.29 is 0 Å². The van der Waals surface area contributed by atoms with Crippen molar-refractivity contribution in [2.24, 2.45) is 5.92 Å². The zero-order valence-corrected chi connectivity index (χ0v) is 6.30. The second-order valence-corrected chi connectivity index (χ2v) is 3.74. The maximum absolute atomic E-state index is 2.54. The molecule has 52 valence electrons. The monoisotopic (exact) mass is 125 g/mol. The zero-order valence-electron chi connectivity index (χ0n) is 6.30. The molecule has 2 heterocycles. The van der Waals surface area contributed by atoms with Gasteiger partial charge in [-0.2, -0.15) is 0 Å². The highest BCUT2D eigenvalue weighted by atomic mass is 15.2. The average molecular weight is 125 g/mol. The van der Waals surface area contributed by atoms with Crippen LogP contribution in [0.4, 0.5) is 0 Å². The van der Waals surface area contributed by atoms with E-state index in [-0.39, 0.29) is 0 Å². The van der Waals surface area contributed by atoms with Crippen molar-refractivity contribution in [1.29, 1.82) is 0 Å². The molecule has 9 heavy (non-hydrogen) atoms. The summed E-state index contributed by atoms with van der Waals surface area (Å²) >= 11 is 0. The molecule has 3 aliphatic rings. The van der Waals surface area contributed by atoms with Crippen LogP contribution in [0.3, 0.4) is 0 Å². The summed E-state index contributed by atoms with van der Waals surface area (Å²) < 4.78 is 0. The third-order valence-electron chi connectivity index (χ3n) is 3.16. The molecule has 0 aromatic rings. The molecule has 0 N–H and O–H groups in total. The van der Waals surface area contributed by atoms with E-state index in [2.05, 4.69) is 18.9 Å². The fourth-order valence-electron chi connectivity index (χ4n) is 2.23. The SMILES string of the molecule is CC1CC2CC(C2)N1C. The molecule has 0 spiro atoms. The molecule has 1 aliphatic carbocycles. The summed E-state index contributed by atoms with van der Waals surface area (Å²) in [7, 11) is 2.27. The van der Waals surface area contributed by atoms with Crippen LogP contribution in [0.1, 0.15) is 26.2 Å². The predicted molar refractivity (Wildman–Crippen MR) is 38.4 cm³/mol. The molecule has 1 saturated carbocycles. The quantitative estimate of drug-likeness (QED) is 0.474. The number of nitrogens with zero attached hydrogens (tertiary/aromatic N) is 1. The average Bonchev–Trinajstić information content (AvgIpc) is 1.72. The van der Waals surface area contributed by atoms with Crippen molar-refractivity contribution >= 4 is 0 Å². The maximum Gasteiger partial charge on any atom is 0.0100 e. The first-order chi connectivity index (χ1) is 4.27. The first-order valence-corrected chi connectivity index (χ1v) is 3.99. The molecule has 2 aliphatic heterocycles. The Morgan fingerprint density at radius 3 is 2.22 bits per heavy atom.